The van der Waals surface area contributed by atoms with Crippen LogP contribution in [0.1, 0.15) is 6.92 Å². The predicted octanol–water partition coefficient (Wildman–Crippen LogP) is 3.79. The number of nitro groups is 1. The molecular formula is C18H16N4O9S2. The number of aromatic hydroxyl groups is 1. The Labute approximate surface area is 187 Å². The molecule has 0 spiro atoms. The molecule has 3 aromatic carbocycles. The number of nitrogens with zero attached hydrogens (tertiary/aromatic N) is 3. The third-order valence-corrected chi connectivity index (χ3v) is 6.10. The lowest BCUT2D eigenvalue weighted by atomic mass is 10.1. The fourth-order valence-electron chi connectivity index (χ4n) is 3.04. The van der Waals surface area contributed by atoms with Crippen molar-refractivity contribution in [3.8, 4) is 5.75 Å². The van der Waals surface area contributed by atoms with Crippen LogP contribution in [0.2, 0.25) is 0 Å². The maximum absolute atomic E-state index is 12.0. The maximum Gasteiger partial charge on any atom is 0.296 e. The van der Waals surface area contributed by atoms with E-state index in [0.29, 0.717) is 0 Å². The number of anilines is 1. The smallest absolute Gasteiger partial charge is 0.296 e. The molecular weight excluding hydrogens is 480 g/mol. The Bertz CT molecular complexity index is 1520. The minimum absolute atomic E-state index is 0.00385. The van der Waals surface area contributed by atoms with Gasteiger partial charge in [-0.05, 0) is 36.6 Å². The van der Waals surface area contributed by atoms with Crippen molar-refractivity contribution in [1.82, 2.24) is 0 Å². The molecule has 0 saturated heterocycles. The molecule has 0 unspecified atom stereocenters. The molecule has 0 aliphatic rings. The van der Waals surface area contributed by atoms with Gasteiger partial charge in [-0.3, -0.25) is 19.2 Å². The van der Waals surface area contributed by atoms with Crippen LogP contribution in [0.3, 0.4) is 0 Å². The van der Waals surface area contributed by atoms with Gasteiger partial charge < -0.3 is 10.4 Å². The number of nitro benzene ring substituents is 1. The summed E-state index contributed by atoms with van der Waals surface area (Å²) in [5.74, 6) is -0.805. The zero-order valence-corrected chi connectivity index (χ0v) is 18.3. The molecule has 3 rings (SSSR count). The van der Waals surface area contributed by atoms with Gasteiger partial charge in [0.25, 0.3) is 25.9 Å². The summed E-state index contributed by atoms with van der Waals surface area (Å²) >= 11 is 0. The second kappa shape index (κ2) is 8.70. The summed E-state index contributed by atoms with van der Waals surface area (Å²) in [4.78, 5) is 8.90. The van der Waals surface area contributed by atoms with Crippen LogP contribution in [-0.4, -0.2) is 42.5 Å². The summed E-state index contributed by atoms with van der Waals surface area (Å²) in [5, 5.41) is 31.8. The molecule has 0 aromatic heterocycles. The fourth-order valence-corrected chi connectivity index (χ4v) is 4.24. The number of phenols is 1. The minimum Gasteiger partial charge on any atom is -0.505 e. The molecule has 33 heavy (non-hydrogen) atoms. The van der Waals surface area contributed by atoms with E-state index < -0.39 is 52.1 Å². The Hall–Kier alpha value is -3.66. The van der Waals surface area contributed by atoms with Gasteiger partial charge in [0, 0.05) is 23.7 Å². The third-order valence-electron chi connectivity index (χ3n) is 4.40. The quantitative estimate of drug-likeness (QED) is 0.161. The van der Waals surface area contributed by atoms with E-state index in [-0.39, 0.29) is 28.7 Å². The van der Waals surface area contributed by atoms with Gasteiger partial charge in [0.05, 0.1) is 9.82 Å². The van der Waals surface area contributed by atoms with Crippen LogP contribution in [0.15, 0.2) is 62.5 Å². The van der Waals surface area contributed by atoms with Gasteiger partial charge in [-0.1, -0.05) is 12.1 Å². The molecule has 0 radical (unpaired) electrons. The minimum atomic E-state index is -5.03. The largest absolute Gasteiger partial charge is 0.505 e. The van der Waals surface area contributed by atoms with E-state index in [2.05, 4.69) is 15.5 Å². The Kier molecular flexibility index (Phi) is 6.33. The highest BCUT2D eigenvalue weighted by Gasteiger charge is 2.25. The number of nitrogens with one attached hydrogen (secondary N) is 1. The number of phenolic OH excluding ortho intramolecular Hbond substituents is 1. The first-order chi connectivity index (χ1) is 15.3. The predicted molar refractivity (Wildman–Crippen MR) is 117 cm³/mol. The van der Waals surface area contributed by atoms with Crippen molar-refractivity contribution >= 4 is 53.8 Å². The number of hydrogen-bond acceptors (Lipinski definition) is 10. The zero-order chi connectivity index (χ0) is 24.6. The SMILES string of the molecule is CCNc1cc(S(=O)(=O)O)cc2cc(S(=O)(=O)O)c(N=Nc3ccccc3[N+](=O)[O-])c(O)c12. The average Bonchev–Trinajstić information content (AvgIpc) is 2.71. The first-order valence-electron chi connectivity index (χ1n) is 9.02. The summed E-state index contributed by atoms with van der Waals surface area (Å²) in [6.45, 7) is 1.90. The van der Waals surface area contributed by atoms with Gasteiger partial charge in [-0.2, -0.15) is 16.8 Å². The van der Waals surface area contributed by atoms with E-state index >= 15 is 0 Å². The van der Waals surface area contributed by atoms with E-state index in [1.54, 1.807) is 6.92 Å². The number of azo groups is 1. The van der Waals surface area contributed by atoms with Crippen LogP contribution in [0.4, 0.5) is 22.7 Å². The molecule has 0 bridgehead atoms. The Balaban J connectivity index is 2.39. The summed E-state index contributed by atoms with van der Waals surface area (Å²) in [6.07, 6.45) is 0. The number of fused-ring (bicyclic) bond motifs is 1. The summed E-state index contributed by atoms with van der Waals surface area (Å²) in [7, 11) is -9.74. The third kappa shape index (κ3) is 4.90. The summed E-state index contributed by atoms with van der Waals surface area (Å²) in [6, 6.07) is 7.90. The first-order valence-corrected chi connectivity index (χ1v) is 11.9. The molecule has 0 atom stereocenters. The molecule has 4 N–H and O–H groups in total. The summed E-state index contributed by atoms with van der Waals surface area (Å²) in [5.41, 5.74) is -1.43. The topological polar surface area (TPSA) is 209 Å². The van der Waals surface area contributed by atoms with Gasteiger partial charge >= 0.3 is 0 Å². The molecule has 0 amide bonds. The molecule has 0 aliphatic heterocycles. The highest BCUT2D eigenvalue weighted by molar-refractivity contribution is 7.86. The average molecular weight is 496 g/mol. The monoisotopic (exact) mass is 496 g/mol. The molecule has 0 heterocycles. The van der Waals surface area contributed by atoms with Crippen molar-refractivity contribution in [3.63, 3.8) is 0 Å². The van der Waals surface area contributed by atoms with E-state index in [1.165, 1.54) is 18.2 Å². The van der Waals surface area contributed by atoms with Crippen molar-refractivity contribution in [3.05, 3.63) is 52.6 Å². The zero-order valence-electron chi connectivity index (χ0n) is 16.7. The Morgan fingerprint density at radius 3 is 2.27 bits per heavy atom. The second-order valence-electron chi connectivity index (χ2n) is 6.57. The van der Waals surface area contributed by atoms with Crippen LogP contribution in [0.5, 0.6) is 5.75 Å². The van der Waals surface area contributed by atoms with Crippen molar-refractivity contribution < 1.29 is 36.0 Å². The number of rotatable bonds is 7. The number of hydrogen-bond donors (Lipinski definition) is 4. The highest BCUT2D eigenvalue weighted by atomic mass is 32.2. The lowest BCUT2D eigenvalue weighted by Crippen LogP contribution is -2.04. The molecule has 0 fully saturated rings. The van der Waals surface area contributed by atoms with Crippen molar-refractivity contribution in [2.75, 3.05) is 11.9 Å². The molecule has 15 heteroatoms. The van der Waals surface area contributed by atoms with E-state index in [9.17, 15) is 41.2 Å². The maximum atomic E-state index is 12.0. The number of benzene rings is 3. The molecule has 3 aromatic rings. The molecule has 0 aliphatic carbocycles. The van der Waals surface area contributed by atoms with Crippen molar-refractivity contribution in [1.29, 1.82) is 0 Å². The van der Waals surface area contributed by atoms with Gasteiger partial charge in [-0.25, -0.2) is 0 Å². The van der Waals surface area contributed by atoms with E-state index in [1.807, 2.05) is 0 Å². The van der Waals surface area contributed by atoms with Crippen molar-refractivity contribution in [2.45, 2.75) is 16.7 Å². The fraction of sp³-hybridized carbons (Fsp3) is 0.111. The molecule has 13 nitrogen and oxygen atoms in total. The van der Waals surface area contributed by atoms with Crippen LogP contribution in [-0.2, 0) is 20.2 Å². The van der Waals surface area contributed by atoms with Crippen LogP contribution in [0.25, 0.3) is 10.8 Å². The van der Waals surface area contributed by atoms with Crippen LogP contribution >= 0.6 is 0 Å². The summed E-state index contributed by atoms with van der Waals surface area (Å²) < 4.78 is 66.3. The lowest BCUT2D eigenvalue weighted by Gasteiger charge is -2.14. The Morgan fingerprint density at radius 2 is 1.70 bits per heavy atom. The molecule has 174 valence electrons. The van der Waals surface area contributed by atoms with Gasteiger partial charge in [-0.15, -0.1) is 10.2 Å². The molecule has 0 saturated carbocycles. The Morgan fingerprint density at radius 1 is 1.03 bits per heavy atom. The van der Waals surface area contributed by atoms with E-state index in [4.69, 9.17) is 0 Å². The van der Waals surface area contributed by atoms with E-state index in [0.717, 1.165) is 24.3 Å². The number of para-hydroxylation sites is 1. The lowest BCUT2D eigenvalue weighted by molar-refractivity contribution is -0.384. The van der Waals surface area contributed by atoms with Crippen LogP contribution in [0, 0.1) is 10.1 Å². The normalized spacial score (nSPS) is 12.3. The van der Waals surface area contributed by atoms with Crippen LogP contribution < -0.4 is 5.32 Å². The second-order valence-corrected chi connectivity index (χ2v) is 9.38. The van der Waals surface area contributed by atoms with Crippen molar-refractivity contribution in [2.24, 2.45) is 10.2 Å². The van der Waals surface area contributed by atoms with Gasteiger partial charge in [0.15, 0.2) is 11.4 Å². The van der Waals surface area contributed by atoms with Gasteiger partial charge in [0.1, 0.15) is 10.6 Å². The highest BCUT2D eigenvalue weighted by Crippen LogP contribution is 2.45. The first kappa shape index (κ1) is 24.0. The standard InChI is InChI=1S/C18H16N4O9S2/c1-2-19-13-9-11(32(26,27)28)7-10-8-15(33(29,30)31)17(18(23)16(10)13)21-20-12-5-3-4-6-14(12)22(24)25/h3-9,19,23H,2H2,1H3,(H,26,27,28)(H,29,30,31). The van der Waals surface area contributed by atoms with Gasteiger partial charge in [0.2, 0.25) is 0 Å².